The standard InChI is InChI=1S/C13H20BrN3O/c1-2-3-4-7-15-11-8-16-17(9-10-5-6-10)13(18)12(11)14/h8,10,15H,2-7,9H2,1H3. The molecule has 0 radical (unpaired) electrons. The Balaban J connectivity index is 1.98. The lowest BCUT2D eigenvalue weighted by molar-refractivity contribution is 0.531. The van der Waals surface area contributed by atoms with E-state index in [2.05, 4.69) is 33.3 Å². The van der Waals surface area contributed by atoms with Crippen molar-refractivity contribution in [3.8, 4) is 0 Å². The van der Waals surface area contributed by atoms with E-state index in [-0.39, 0.29) is 5.56 Å². The minimum atomic E-state index is -0.0256. The number of hydrogen-bond donors (Lipinski definition) is 1. The number of rotatable bonds is 7. The van der Waals surface area contributed by atoms with E-state index in [0.717, 1.165) is 25.2 Å². The van der Waals surface area contributed by atoms with Crippen LogP contribution >= 0.6 is 15.9 Å². The Labute approximate surface area is 116 Å². The van der Waals surface area contributed by atoms with Gasteiger partial charge in [-0.3, -0.25) is 4.79 Å². The van der Waals surface area contributed by atoms with Gasteiger partial charge >= 0.3 is 0 Å². The molecule has 2 rings (SSSR count). The maximum atomic E-state index is 12.1. The van der Waals surface area contributed by atoms with Gasteiger partial charge in [-0.25, -0.2) is 4.68 Å². The molecule has 0 spiro atoms. The molecule has 0 aliphatic heterocycles. The predicted molar refractivity (Wildman–Crippen MR) is 76.9 cm³/mol. The Morgan fingerprint density at radius 1 is 1.50 bits per heavy atom. The van der Waals surface area contributed by atoms with Crippen LogP contribution in [0.3, 0.4) is 0 Å². The number of unbranched alkanes of at least 4 members (excludes halogenated alkanes) is 2. The number of hydrogen-bond acceptors (Lipinski definition) is 3. The zero-order valence-corrected chi connectivity index (χ0v) is 12.4. The Bertz CT molecular complexity index is 454. The number of nitrogens with one attached hydrogen (secondary N) is 1. The maximum absolute atomic E-state index is 12.1. The molecule has 100 valence electrons. The van der Waals surface area contributed by atoms with E-state index in [9.17, 15) is 4.79 Å². The average molecular weight is 314 g/mol. The minimum absolute atomic E-state index is 0.0256. The van der Waals surface area contributed by atoms with Crippen molar-refractivity contribution in [3.05, 3.63) is 21.0 Å². The van der Waals surface area contributed by atoms with Crippen LogP contribution in [0.1, 0.15) is 39.0 Å². The molecule has 18 heavy (non-hydrogen) atoms. The van der Waals surface area contributed by atoms with Gasteiger partial charge in [-0.2, -0.15) is 5.10 Å². The fourth-order valence-corrected chi connectivity index (χ4v) is 2.31. The molecule has 0 bridgehead atoms. The van der Waals surface area contributed by atoms with Gasteiger partial charge in [0.2, 0.25) is 0 Å². The molecule has 1 saturated carbocycles. The summed E-state index contributed by atoms with van der Waals surface area (Å²) in [6, 6.07) is 0. The summed E-state index contributed by atoms with van der Waals surface area (Å²) < 4.78 is 2.17. The first kappa shape index (κ1) is 13.6. The van der Waals surface area contributed by atoms with Crippen molar-refractivity contribution in [2.45, 2.75) is 45.6 Å². The molecule has 1 aliphatic carbocycles. The lowest BCUT2D eigenvalue weighted by Gasteiger charge is -2.10. The van der Waals surface area contributed by atoms with Gasteiger partial charge in [-0.05, 0) is 41.1 Å². The first-order valence-corrected chi connectivity index (χ1v) is 7.51. The minimum Gasteiger partial charge on any atom is -0.383 e. The van der Waals surface area contributed by atoms with E-state index < -0.39 is 0 Å². The smallest absolute Gasteiger partial charge is 0.283 e. The van der Waals surface area contributed by atoms with Gasteiger partial charge in [0, 0.05) is 13.1 Å². The van der Waals surface area contributed by atoms with Gasteiger partial charge in [0.25, 0.3) is 5.56 Å². The lowest BCUT2D eigenvalue weighted by atomic mass is 10.2. The quantitative estimate of drug-likeness (QED) is 0.787. The molecule has 1 heterocycles. The molecule has 0 amide bonds. The molecule has 4 nitrogen and oxygen atoms in total. The van der Waals surface area contributed by atoms with Crippen molar-refractivity contribution >= 4 is 21.6 Å². The molecular weight excluding hydrogens is 294 g/mol. The highest BCUT2D eigenvalue weighted by Crippen LogP contribution is 2.30. The van der Waals surface area contributed by atoms with Crippen LogP contribution in [0, 0.1) is 5.92 Å². The molecule has 0 atom stereocenters. The number of anilines is 1. The normalized spacial score (nSPS) is 14.8. The molecule has 0 aromatic carbocycles. The summed E-state index contributed by atoms with van der Waals surface area (Å²) in [6.45, 7) is 3.82. The van der Waals surface area contributed by atoms with Crippen LogP contribution < -0.4 is 10.9 Å². The van der Waals surface area contributed by atoms with E-state index in [4.69, 9.17) is 0 Å². The zero-order chi connectivity index (χ0) is 13.0. The number of nitrogens with zero attached hydrogens (tertiary/aromatic N) is 2. The highest BCUT2D eigenvalue weighted by atomic mass is 79.9. The summed E-state index contributed by atoms with van der Waals surface area (Å²) >= 11 is 3.37. The number of aromatic nitrogens is 2. The van der Waals surface area contributed by atoms with Crippen molar-refractivity contribution in [3.63, 3.8) is 0 Å². The Hall–Kier alpha value is -0.840. The number of halogens is 1. The fraction of sp³-hybridized carbons (Fsp3) is 0.692. The van der Waals surface area contributed by atoms with E-state index in [1.165, 1.54) is 25.7 Å². The Morgan fingerprint density at radius 2 is 2.28 bits per heavy atom. The van der Waals surface area contributed by atoms with Gasteiger partial charge in [0.15, 0.2) is 0 Å². The van der Waals surface area contributed by atoms with E-state index in [0.29, 0.717) is 10.4 Å². The van der Waals surface area contributed by atoms with Crippen molar-refractivity contribution in [1.82, 2.24) is 9.78 Å². The third-order valence-electron chi connectivity index (χ3n) is 3.21. The molecule has 1 aromatic heterocycles. The predicted octanol–water partition coefficient (Wildman–Crippen LogP) is 3.02. The molecule has 5 heteroatoms. The third kappa shape index (κ3) is 3.57. The summed E-state index contributed by atoms with van der Waals surface area (Å²) in [5, 5.41) is 7.49. The largest absolute Gasteiger partial charge is 0.383 e. The van der Waals surface area contributed by atoms with Gasteiger partial charge in [-0.1, -0.05) is 19.8 Å². The SMILES string of the molecule is CCCCCNc1cnn(CC2CC2)c(=O)c1Br. The van der Waals surface area contributed by atoms with Crippen molar-refractivity contribution in [2.75, 3.05) is 11.9 Å². The zero-order valence-electron chi connectivity index (χ0n) is 10.8. The summed E-state index contributed by atoms with van der Waals surface area (Å²) in [5.41, 5.74) is 0.783. The molecule has 0 unspecified atom stereocenters. The second kappa shape index (κ2) is 6.36. The van der Waals surface area contributed by atoms with Crippen LogP contribution in [0.2, 0.25) is 0 Å². The first-order chi connectivity index (χ1) is 8.72. The van der Waals surface area contributed by atoms with Gasteiger partial charge in [0.05, 0.1) is 11.9 Å². The monoisotopic (exact) mass is 313 g/mol. The van der Waals surface area contributed by atoms with E-state index in [1.54, 1.807) is 10.9 Å². The molecular formula is C13H20BrN3O. The topological polar surface area (TPSA) is 46.9 Å². The molecule has 1 N–H and O–H groups in total. The first-order valence-electron chi connectivity index (χ1n) is 6.72. The van der Waals surface area contributed by atoms with Crippen molar-refractivity contribution in [2.24, 2.45) is 5.92 Å². The molecule has 0 saturated heterocycles. The van der Waals surface area contributed by atoms with Crippen LogP contribution in [0.15, 0.2) is 15.5 Å². The molecule has 1 aliphatic rings. The summed E-state index contributed by atoms with van der Waals surface area (Å²) in [5.74, 6) is 0.658. The van der Waals surface area contributed by atoms with Crippen LogP contribution in [0.25, 0.3) is 0 Å². The average Bonchev–Trinajstić information content (AvgIpc) is 3.17. The van der Waals surface area contributed by atoms with Crippen LogP contribution in [-0.4, -0.2) is 16.3 Å². The van der Waals surface area contributed by atoms with Gasteiger partial charge in [-0.15, -0.1) is 0 Å². The second-order valence-electron chi connectivity index (χ2n) is 4.94. The Kier molecular flexibility index (Phi) is 4.80. The third-order valence-corrected chi connectivity index (χ3v) is 3.98. The van der Waals surface area contributed by atoms with E-state index in [1.807, 2.05) is 0 Å². The fourth-order valence-electron chi connectivity index (χ4n) is 1.86. The maximum Gasteiger partial charge on any atom is 0.283 e. The van der Waals surface area contributed by atoms with Gasteiger partial charge < -0.3 is 5.32 Å². The van der Waals surface area contributed by atoms with E-state index >= 15 is 0 Å². The highest BCUT2D eigenvalue weighted by Gasteiger charge is 2.23. The molecule has 1 fully saturated rings. The van der Waals surface area contributed by atoms with Crippen molar-refractivity contribution in [1.29, 1.82) is 0 Å². The van der Waals surface area contributed by atoms with Crippen LogP contribution in [0.4, 0.5) is 5.69 Å². The van der Waals surface area contributed by atoms with Crippen molar-refractivity contribution < 1.29 is 0 Å². The summed E-state index contributed by atoms with van der Waals surface area (Å²) in [6.07, 6.45) is 7.72. The molecule has 1 aromatic rings. The van der Waals surface area contributed by atoms with Gasteiger partial charge in [0.1, 0.15) is 4.47 Å². The van der Waals surface area contributed by atoms with Crippen LogP contribution in [0.5, 0.6) is 0 Å². The summed E-state index contributed by atoms with van der Waals surface area (Å²) in [7, 11) is 0. The Morgan fingerprint density at radius 3 is 2.94 bits per heavy atom. The second-order valence-corrected chi connectivity index (χ2v) is 5.73. The summed E-state index contributed by atoms with van der Waals surface area (Å²) in [4.78, 5) is 12.1. The van der Waals surface area contributed by atoms with Crippen LogP contribution in [-0.2, 0) is 6.54 Å². The lowest BCUT2D eigenvalue weighted by Crippen LogP contribution is -2.25. The highest BCUT2D eigenvalue weighted by molar-refractivity contribution is 9.10.